The highest BCUT2D eigenvalue weighted by atomic mass is 16.5. The third-order valence-corrected chi connectivity index (χ3v) is 2.76. The molecule has 2 rings (SSSR count). The second kappa shape index (κ2) is 5.52. The third kappa shape index (κ3) is 2.51. The van der Waals surface area contributed by atoms with Crippen molar-refractivity contribution in [1.82, 2.24) is 15.4 Å². The van der Waals surface area contributed by atoms with Gasteiger partial charge in [-0.3, -0.25) is 0 Å². The summed E-state index contributed by atoms with van der Waals surface area (Å²) in [4.78, 5) is 22.9. The predicted molar refractivity (Wildman–Crippen MR) is 69.5 cm³/mol. The molecule has 0 atom stereocenters. The van der Waals surface area contributed by atoms with Gasteiger partial charge >= 0.3 is 11.9 Å². The molecule has 7 nitrogen and oxygen atoms in total. The van der Waals surface area contributed by atoms with Gasteiger partial charge in [0, 0.05) is 5.56 Å². The van der Waals surface area contributed by atoms with Crippen molar-refractivity contribution in [3.8, 4) is 11.3 Å². The SMILES string of the molecule is CCOC(=O)c1n[nH]nc1-c1ccc(C)c(C(=O)O)c1. The Kier molecular flexibility index (Phi) is 3.79. The lowest BCUT2D eigenvalue weighted by Gasteiger charge is -2.04. The number of carboxylic acids is 1. The van der Waals surface area contributed by atoms with Crippen LogP contribution in [0.3, 0.4) is 0 Å². The maximum atomic E-state index is 11.7. The first-order valence-electron chi connectivity index (χ1n) is 5.96. The second-order valence-corrected chi connectivity index (χ2v) is 4.08. The molecule has 0 unspecified atom stereocenters. The Hall–Kier alpha value is -2.70. The van der Waals surface area contributed by atoms with Crippen LogP contribution in [0.1, 0.15) is 33.3 Å². The fourth-order valence-corrected chi connectivity index (χ4v) is 1.77. The standard InChI is InChI=1S/C13H13N3O4/c1-3-20-13(19)11-10(14-16-15-11)8-5-4-7(2)9(6-8)12(17)18/h4-6H,3H2,1-2H3,(H,17,18)(H,14,15,16). The summed E-state index contributed by atoms with van der Waals surface area (Å²) in [6.07, 6.45) is 0. The van der Waals surface area contributed by atoms with Crippen LogP contribution < -0.4 is 0 Å². The van der Waals surface area contributed by atoms with Gasteiger partial charge in [0.1, 0.15) is 5.69 Å². The van der Waals surface area contributed by atoms with E-state index in [0.717, 1.165) is 0 Å². The normalized spacial score (nSPS) is 10.3. The molecule has 0 spiro atoms. The first kappa shape index (κ1) is 13.7. The minimum absolute atomic E-state index is 0.0343. The number of nitrogens with one attached hydrogen (secondary N) is 1. The van der Waals surface area contributed by atoms with Crippen LogP contribution in [0, 0.1) is 6.92 Å². The van der Waals surface area contributed by atoms with Crippen LogP contribution in [-0.2, 0) is 4.74 Å². The number of ether oxygens (including phenoxy) is 1. The number of carbonyl (C=O) groups is 2. The molecular formula is C13H13N3O4. The molecule has 0 radical (unpaired) electrons. The summed E-state index contributed by atoms with van der Waals surface area (Å²) in [5, 5.41) is 19.1. The average Bonchev–Trinajstić information content (AvgIpc) is 2.88. The number of nitrogens with zero attached hydrogens (tertiary/aromatic N) is 2. The molecule has 1 aromatic heterocycles. The minimum Gasteiger partial charge on any atom is -0.478 e. The van der Waals surface area contributed by atoms with Gasteiger partial charge in [0.25, 0.3) is 0 Å². The highest BCUT2D eigenvalue weighted by molar-refractivity contribution is 5.95. The predicted octanol–water partition coefficient (Wildman–Crippen LogP) is 1.66. The number of hydrogen-bond acceptors (Lipinski definition) is 5. The molecule has 2 N–H and O–H groups in total. The number of rotatable bonds is 4. The van der Waals surface area contributed by atoms with Gasteiger partial charge in [0.05, 0.1) is 12.2 Å². The number of aryl methyl sites for hydroxylation is 1. The molecule has 0 fully saturated rings. The molecule has 0 bridgehead atoms. The summed E-state index contributed by atoms with van der Waals surface area (Å²) in [6.45, 7) is 3.60. The summed E-state index contributed by atoms with van der Waals surface area (Å²) >= 11 is 0. The van der Waals surface area contributed by atoms with Gasteiger partial charge in [0.15, 0.2) is 5.69 Å². The topological polar surface area (TPSA) is 105 Å². The minimum atomic E-state index is -1.04. The van der Waals surface area contributed by atoms with Gasteiger partial charge in [-0.15, -0.1) is 5.10 Å². The fourth-order valence-electron chi connectivity index (χ4n) is 1.77. The summed E-state index contributed by atoms with van der Waals surface area (Å²) in [5.41, 5.74) is 1.57. The van der Waals surface area contributed by atoms with Crippen molar-refractivity contribution in [2.45, 2.75) is 13.8 Å². The molecular weight excluding hydrogens is 262 g/mol. The summed E-state index contributed by atoms with van der Waals surface area (Å²) in [5.74, 6) is -1.64. The lowest BCUT2D eigenvalue weighted by molar-refractivity contribution is 0.0520. The van der Waals surface area contributed by atoms with E-state index in [1.165, 1.54) is 6.07 Å². The van der Waals surface area contributed by atoms with Crippen LogP contribution in [0.25, 0.3) is 11.3 Å². The van der Waals surface area contributed by atoms with E-state index in [0.29, 0.717) is 11.1 Å². The molecule has 104 valence electrons. The van der Waals surface area contributed by atoms with Gasteiger partial charge in [-0.05, 0) is 25.5 Å². The van der Waals surface area contributed by atoms with Crippen LogP contribution in [0.15, 0.2) is 18.2 Å². The van der Waals surface area contributed by atoms with Crippen LogP contribution in [0.4, 0.5) is 0 Å². The molecule has 0 aliphatic carbocycles. The fraction of sp³-hybridized carbons (Fsp3) is 0.231. The highest BCUT2D eigenvalue weighted by Crippen LogP contribution is 2.23. The highest BCUT2D eigenvalue weighted by Gasteiger charge is 2.20. The number of esters is 1. The van der Waals surface area contributed by atoms with Gasteiger partial charge in [0.2, 0.25) is 0 Å². The first-order chi connectivity index (χ1) is 9.54. The number of H-pyrrole nitrogens is 1. The molecule has 7 heteroatoms. The Morgan fingerprint density at radius 1 is 1.35 bits per heavy atom. The van der Waals surface area contributed by atoms with Gasteiger partial charge in [-0.25, -0.2) is 9.59 Å². The van der Waals surface area contributed by atoms with E-state index in [-0.39, 0.29) is 23.6 Å². The number of aromatic carboxylic acids is 1. The zero-order valence-electron chi connectivity index (χ0n) is 11.0. The maximum absolute atomic E-state index is 11.7. The molecule has 1 aromatic carbocycles. The van der Waals surface area contributed by atoms with Crippen molar-refractivity contribution in [2.75, 3.05) is 6.61 Å². The van der Waals surface area contributed by atoms with E-state index in [9.17, 15) is 9.59 Å². The van der Waals surface area contributed by atoms with Crippen LogP contribution in [0.2, 0.25) is 0 Å². The Labute approximate surface area is 114 Å². The first-order valence-corrected chi connectivity index (χ1v) is 5.96. The number of aromatic amines is 1. The maximum Gasteiger partial charge on any atom is 0.361 e. The van der Waals surface area contributed by atoms with E-state index in [2.05, 4.69) is 15.4 Å². The van der Waals surface area contributed by atoms with E-state index in [1.807, 2.05) is 0 Å². The number of hydrogen-bond donors (Lipinski definition) is 2. The van der Waals surface area contributed by atoms with Crippen LogP contribution in [0.5, 0.6) is 0 Å². The van der Waals surface area contributed by atoms with Crippen molar-refractivity contribution >= 4 is 11.9 Å². The number of aromatic nitrogens is 3. The van der Waals surface area contributed by atoms with Crippen molar-refractivity contribution in [2.24, 2.45) is 0 Å². The Balaban J connectivity index is 2.48. The number of carbonyl (C=O) groups excluding carboxylic acids is 1. The quantitative estimate of drug-likeness (QED) is 0.822. The summed E-state index contributed by atoms with van der Waals surface area (Å²) in [6, 6.07) is 4.79. The van der Waals surface area contributed by atoms with E-state index >= 15 is 0 Å². The molecule has 0 saturated heterocycles. The Morgan fingerprint density at radius 2 is 2.10 bits per heavy atom. The lowest BCUT2D eigenvalue weighted by atomic mass is 10.0. The van der Waals surface area contributed by atoms with Crippen LogP contribution in [-0.4, -0.2) is 39.1 Å². The molecule has 2 aromatic rings. The molecule has 0 aliphatic heterocycles. The monoisotopic (exact) mass is 275 g/mol. The van der Waals surface area contributed by atoms with Crippen molar-refractivity contribution in [3.63, 3.8) is 0 Å². The van der Waals surface area contributed by atoms with Crippen molar-refractivity contribution < 1.29 is 19.4 Å². The summed E-state index contributed by atoms with van der Waals surface area (Å²) in [7, 11) is 0. The number of carboxylic acid groups (broad SMARTS) is 1. The average molecular weight is 275 g/mol. The molecule has 1 heterocycles. The Morgan fingerprint density at radius 3 is 2.75 bits per heavy atom. The van der Waals surface area contributed by atoms with E-state index in [1.54, 1.807) is 26.0 Å². The number of benzene rings is 1. The third-order valence-electron chi connectivity index (χ3n) is 2.76. The van der Waals surface area contributed by atoms with Gasteiger partial charge in [-0.1, -0.05) is 12.1 Å². The molecule has 0 amide bonds. The molecule has 0 saturated carbocycles. The summed E-state index contributed by atoms with van der Waals surface area (Å²) < 4.78 is 4.87. The lowest BCUT2D eigenvalue weighted by Crippen LogP contribution is -2.07. The molecule has 20 heavy (non-hydrogen) atoms. The van der Waals surface area contributed by atoms with Crippen molar-refractivity contribution in [3.05, 3.63) is 35.0 Å². The Bertz CT molecular complexity index is 663. The zero-order valence-corrected chi connectivity index (χ0v) is 11.0. The molecule has 0 aliphatic rings. The van der Waals surface area contributed by atoms with Crippen LogP contribution >= 0.6 is 0 Å². The van der Waals surface area contributed by atoms with Crippen molar-refractivity contribution in [1.29, 1.82) is 0 Å². The van der Waals surface area contributed by atoms with Gasteiger partial charge < -0.3 is 9.84 Å². The zero-order chi connectivity index (χ0) is 14.7. The van der Waals surface area contributed by atoms with E-state index < -0.39 is 11.9 Å². The van der Waals surface area contributed by atoms with Gasteiger partial charge in [-0.2, -0.15) is 10.3 Å². The largest absolute Gasteiger partial charge is 0.478 e. The smallest absolute Gasteiger partial charge is 0.361 e. The second-order valence-electron chi connectivity index (χ2n) is 4.08. The van der Waals surface area contributed by atoms with E-state index in [4.69, 9.17) is 9.84 Å².